The molecule has 0 bridgehead atoms. The number of ether oxygens (including phenoxy) is 4. The summed E-state index contributed by atoms with van der Waals surface area (Å²) >= 11 is 0. The van der Waals surface area contributed by atoms with Crippen molar-refractivity contribution in [3.63, 3.8) is 0 Å². The quantitative estimate of drug-likeness (QED) is 0.198. The third-order valence-corrected chi connectivity index (χ3v) is 5.46. The molecule has 12 nitrogen and oxygen atoms in total. The molecule has 15 heteroatoms. The van der Waals surface area contributed by atoms with Crippen LogP contribution in [0.25, 0.3) is 0 Å². The number of anilines is 1. The van der Waals surface area contributed by atoms with Gasteiger partial charge in [-0.25, -0.2) is 9.78 Å². The van der Waals surface area contributed by atoms with Crippen LogP contribution in [0.5, 0.6) is 0 Å². The average molecular weight is 559 g/mol. The molecule has 1 saturated heterocycles. The molecule has 1 amide bonds. The molecule has 1 aliphatic heterocycles. The van der Waals surface area contributed by atoms with Crippen LogP contribution in [-0.2, 0) is 41.3 Å². The lowest BCUT2D eigenvalue weighted by molar-refractivity contribution is -0.151. The minimum absolute atomic E-state index is 0.0342. The number of nitrogens with zero attached hydrogens (tertiary/aromatic N) is 2. The predicted octanol–water partition coefficient (Wildman–Crippen LogP) is 0.289. The van der Waals surface area contributed by atoms with Crippen LogP contribution in [0.1, 0.15) is 11.3 Å². The minimum Gasteiger partial charge on any atom is -0.459 e. The van der Waals surface area contributed by atoms with E-state index in [-0.39, 0.29) is 52.0 Å². The maximum Gasteiger partial charge on any atom is 0.434 e. The number of amides is 1. The Kier molecular flexibility index (Phi) is 11.4. The van der Waals surface area contributed by atoms with Crippen LogP contribution in [0, 0.1) is 0 Å². The zero-order valence-electron chi connectivity index (χ0n) is 20.7. The topological polar surface area (TPSA) is 161 Å². The lowest BCUT2D eigenvalue weighted by Gasteiger charge is -2.38. The molecule has 1 aliphatic rings. The number of nitrogens with one attached hydrogen (secondary N) is 2. The van der Waals surface area contributed by atoms with Gasteiger partial charge in [-0.15, -0.1) is 0 Å². The van der Waals surface area contributed by atoms with Gasteiger partial charge in [0.05, 0.1) is 38.3 Å². The van der Waals surface area contributed by atoms with Crippen molar-refractivity contribution >= 4 is 17.7 Å². The van der Waals surface area contributed by atoms with Crippen LogP contribution in [0.4, 0.5) is 19.0 Å². The Labute approximate surface area is 221 Å². The van der Waals surface area contributed by atoms with Crippen LogP contribution in [0.2, 0.25) is 0 Å². The fraction of sp³-hybridized carbons (Fsp3) is 0.500. The molecule has 214 valence electrons. The van der Waals surface area contributed by atoms with Crippen molar-refractivity contribution in [2.45, 2.75) is 37.1 Å². The van der Waals surface area contributed by atoms with Crippen molar-refractivity contribution < 1.29 is 51.9 Å². The van der Waals surface area contributed by atoms with Crippen molar-refractivity contribution in [1.29, 1.82) is 0 Å². The van der Waals surface area contributed by atoms with Gasteiger partial charge in [-0.1, -0.05) is 30.3 Å². The van der Waals surface area contributed by atoms with E-state index in [0.717, 1.165) is 11.8 Å². The van der Waals surface area contributed by atoms with Crippen LogP contribution < -0.4 is 10.6 Å². The first-order valence-corrected chi connectivity index (χ1v) is 11.9. The van der Waals surface area contributed by atoms with E-state index in [1.54, 1.807) is 0 Å². The molecule has 0 aliphatic carbocycles. The van der Waals surface area contributed by atoms with Crippen molar-refractivity contribution in [1.82, 2.24) is 15.3 Å². The number of halogens is 3. The minimum atomic E-state index is -4.69. The van der Waals surface area contributed by atoms with Gasteiger partial charge in [0.25, 0.3) is 0 Å². The van der Waals surface area contributed by atoms with Crippen LogP contribution in [-0.4, -0.2) is 96.0 Å². The van der Waals surface area contributed by atoms with Gasteiger partial charge in [-0.2, -0.15) is 13.2 Å². The summed E-state index contributed by atoms with van der Waals surface area (Å²) in [6, 6.07) is 8.19. The number of esters is 1. The van der Waals surface area contributed by atoms with Gasteiger partial charge in [0.1, 0.15) is 44.0 Å². The highest BCUT2D eigenvalue weighted by molar-refractivity contribution is 5.77. The third-order valence-electron chi connectivity index (χ3n) is 5.46. The van der Waals surface area contributed by atoms with Crippen molar-refractivity contribution in [3.05, 3.63) is 54.0 Å². The zero-order valence-corrected chi connectivity index (χ0v) is 20.7. The molecule has 1 aromatic carbocycles. The Morgan fingerprint density at radius 2 is 1.77 bits per heavy atom. The highest BCUT2D eigenvalue weighted by Crippen LogP contribution is 2.28. The Hall–Kier alpha value is -3.37. The van der Waals surface area contributed by atoms with E-state index in [4.69, 9.17) is 18.9 Å². The molecule has 2 heterocycles. The smallest absolute Gasteiger partial charge is 0.434 e. The number of alkyl halides is 3. The molecule has 4 N–H and O–H groups in total. The summed E-state index contributed by atoms with van der Waals surface area (Å²) in [6.07, 6.45) is -6.93. The summed E-state index contributed by atoms with van der Waals surface area (Å²) in [5.74, 6) is -1.31. The number of aliphatic hydroxyl groups excluding tert-OH is 2. The van der Waals surface area contributed by atoms with Gasteiger partial charge in [-0.05, 0) is 5.56 Å². The first-order chi connectivity index (χ1) is 18.6. The summed E-state index contributed by atoms with van der Waals surface area (Å²) in [5.41, 5.74) is -0.364. The Bertz CT molecular complexity index is 1060. The maximum atomic E-state index is 12.8. The van der Waals surface area contributed by atoms with Crippen LogP contribution >= 0.6 is 0 Å². The van der Waals surface area contributed by atoms with Gasteiger partial charge in [0.15, 0.2) is 5.69 Å². The molecular weight excluding hydrogens is 529 g/mol. The molecule has 0 radical (unpaired) electrons. The number of carbonyl (C=O) groups excluding carboxylic acids is 2. The predicted molar refractivity (Wildman–Crippen MR) is 127 cm³/mol. The zero-order chi connectivity index (χ0) is 28.3. The fourth-order valence-corrected chi connectivity index (χ4v) is 3.43. The Morgan fingerprint density at radius 3 is 2.49 bits per heavy atom. The number of rotatable bonds is 13. The summed E-state index contributed by atoms with van der Waals surface area (Å²) < 4.78 is 59.3. The second-order valence-corrected chi connectivity index (χ2v) is 8.45. The van der Waals surface area contributed by atoms with E-state index in [1.807, 2.05) is 30.3 Å². The summed E-state index contributed by atoms with van der Waals surface area (Å²) in [5, 5.41) is 25.8. The van der Waals surface area contributed by atoms with Gasteiger partial charge >= 0.3 is 12.1 Å². The third kappa shape index (κ3) is 10.0. The molecule has 3 rings (SSSR count). The Morgan fingerprint density at radius 1 is 1.05 bits per heavy atom. The molecular formula is C24H29F3N4O8. The monoisotopic (exact) mass is 558 g/mol. The number of aromatic nitrogens is 2. The fourth-order valence-electron chi connectivity index (χ4n) is 3.43. The van der Waals surface area contributed by atoms with E-state index in [1.165, 1.54) is 0 Å². The standard InChI is InChI=1S/C24H29F3N4O8/c25-24(26,27)18-9-28-10-19(31-18)30-16-12-38-17(23(35)22(16)34)8-29-20(32)13-36-6-7-37-14-21(33)39-11-15-4-2-1-3-5-15/h1-5,9-10,16-17,22-23,34-35H,6-8,11-14H2,(H,29,32)(H,30,31)/t16-,17+,22+,23-/m0/s1. The SMILES string of the molecule is O=C(COCCOCC(=O)OCc1ccccc1)NC[C@H]1OC[C@H](Nc2cncc(C(F)(F)F)n2)[C@@H](O)[C@H]1O. The second kappa shape index (κ2) is 14.7. The first-order valence-electron chi connectivity index (χ1n) is 11.9. The second-order valence-electron chi connectivity index (χ2n) is 8.45. The van der Waals surface area contributed by atoms with Crippen molar-refractivity contribution in [2.24, 2.45) is 0 Å². The van der Waals surface area contributed by atoms with Gasteiger partial charge < -0.3 is 39.8 Å². The first kappa shape index (κ1) is 30.2. The van der Waals surface area contributed by atoms with E-state index in [0.29, 0.717) is 6.20 Å². The van der Waals surface area contributed by atoms with Crippen molar-refractivity contribution in [3.8, 4) is 0 Å². The molecule has 0 saturated carbocycles. The van der Waals surface area contributed by atoms with Crippen LogP contribution in [0.15, 0.2) is 42.7 Å². The molecule has 0 spiro atoms. The van der Waals surface area contributed by atoms with E-state index in [2.05, 4.69) is 20.6 Å². The number of aliphatic hydroxyl groups is 2. The number of hydrogen-bond acceptors (Lipinski definition) is 11. The molecule has 1 aromatic heterocycles. The number of hydrogen-bond donors (Lipinski definition) is 4. The van der Waals surface area contributed by atoms with E-state index >= 15 is 0 Å². The van der Waals surface area contributed by atoms with E-state index in [9.17, 15) is 33.0 Å². The molecule has 4 atom stereocenters. The van der Waals surface area contributed by atoms with Crippen LogP contribution in [0.3, 0.4) is 0 Å². The molecule has 0 unspecified atom stereocenters. The highest BCUT2D eigenvalue weighted by Gasteiger charge is 2.39. The van der Waals surface area contributed by atoms with Gasteiger partial charge in [0.2, 0.25) is 5.91 Å². The lowest BCUT2D eigenvalue weighted by atomic mass is 9.98. The largest absolute Gasteiger partial charge is 0.459 e. The lowest BCUT2D eigenvalue weighted by Crippen LogP contribution is -2.58. The summed E-state index contributed by atoms with van der Waals surface area (Å²) in [4.78, 5) is 30.5. The molecule has 1 fully saturated rings. The molecule has 2 aromatic rings. The highest BCUT2D eigenvalue weighted by atomic mass is 19.4. The maximum absolute atomic E-state index is 12.8. The number of carbonyl (C=O) groups is 2. The Balaban J connectivity index is 1.27. The average Bonchev–Trinajstić information content (AvgIpc) is 2.92. The summed E-state index contributed by atoms with van der Waals surface area (Å²) in [7, 11) is 0. The van der Waals surface area contributed by atoms with E-state index < -0.39 is 48.1 Å². The van der Waals surface area contributed by atoms with Gasteiger partial charge in [-0.3, -0.25) is 9.78 Å². The van der Waals surface area contributed by atoms with Crippen molar-refractivity contribution in [2.75, 3.05) is 44.9 Å². The number of benzene rings is 1. The normalized spacial score (nSPS) is 21.3. The summed E-state index contributed by atoms with van der Waals surface area (Å²) in [6.45, 7) is -0.707. The molecule has 39 heavy (non-hydrogen) atoms. The van der Waals surface area contributed by atoms with Gasteiger partial charge in [0, 0.05) is 6.54 Å².